The zero-order valence-electron chi connectivity index (χ0n) is 11.9. The number of likely N-dealkylation sites (N-methyl/N-ethyl adjacent to an activating group) is 1. The summed E-state index contributed by atoms with van der Waals surface area (Å²) in [5.74, 6) is -0.449. The molecular formula is C15H22FN3O. The molecule has 20 heavy (non-hydrogen) atoms. The molecule has 1 heterocycles. The van der Waals surface area contributed by atoms with Crippen LogP contribution in [-0.4, -0.2) is 55.5 Å². The fraction of sp³-hybridized carbons (Fsp3) is 0.533. The van der Waals surface area contributed by atoms with Gasteiger partial charge in [0.2, 0.25) is 5.91 Å². The van der Waals surface area contributed by atoms with E-state index in [1.807, 2.05) is 11.0 Å². The maximum absolute atomic E-state index is 13.2. The first kappa shape index (κ1) is 14.9. The topological polar surface area (TPSA) is 49.6 Å². The number of piperazine rings is 1. The van der Waals surface area contributed by atoms with Crippen molar-refractivity contribution in [1.29, 1.82) is 0 Å². The quantitative estimate of drug-likeness (QED) is 0.883. The van der Waals surface area contributed by atoms with E-state index >= 15 is 0 Å². The van der Waals surface area contributed by atoms with Crippen molar-refractivity contribution in [3.63, 3.8) is 0 Å². The summed E-state index contributed by atoms with van der Waals surface area (Å²) < 4.78 is 13.2. The summed E-state index contributed by atoms with van der Waals surface area (Å²) in [5.41, 5.74) is 6.56. The Bertz CT molecular complexity index is 458. The van der Waals surface area contributed by atoms with Crippen LogP contribution in [0, 0.1) is 11.7 Å². The highest BCUT2D eigenvalue weighted by Gasteiger charge is 2.25. The van der Waals surface area contributed by atoms with E-state index < -0.39 is 0 Å². The van der Waals surface area contributed by atoms with E-state index in [1.54, 1.807) is 6.07 Å². The molecule has 0 radical (unpaired) electrons. The van der Waals surface area contributed by atoms with Gasteiger partial charge in [0.1, 0.15) is 5.82 Å². The zero-order chi connectivity index (χ0) is 14.5. The fourth-order valence-electron chi connectivity index (χ4n) is 2.50. The van der Waals surface area contributed by atoms with E-state index in [9.17, 15) is 9.18 Å². The SMILES string of the molecule is CN1CCN(C(=O)C(CN)Cc2cccc(F)c2)CC1. The summed E-state index contributed by atoms with van der Waals surface area (Å²) in [4.78, 5) is 16.5. The number of nitrogens with zero attached hydrogens (tertiary/aromatic N) is 2. The number of rotatable bonds is 4. The number of hydrogen-bond acceptors (Lipinski definition) is 3. The van der Waals surface area contributed by atoms with Crippen molar-refractivity contribution >= 4 is 5.91 Å². The number of carbonyl (C=O) groups is 1. The molecule has 1 saturated heterocycles. The van der Waals surface area contributed by atoms with Gasteiger partial charge in [0.15, 0.2) is 0 Å². The number of nitrogens with two attached hydrogens (primary N) is 1. The van der Waals surface area contributed by atoms with Crippen molar-refractivity contribution in [2.24, 2.45) is 11.7 Å². The lowest BCUT2D eigenvalue weighted by Crippen LogP contribution is -2.50. The van der Waals surface area contributed by atoms with E-state index in [1.165, 1.54) is 12.1 Å². The molecule has 0 spiro atoms. The van der Waals surface area contributed by atoms with Gasteiger partial charge in [0.05, 0.1) is 5.92 Å². The lowest BCUT2D eigenvalue weighted by Gasteiger charge is -2.34. The van der Waals surface area contributed by atoms with Gasteiger partial charge in [0, 0.05) is 32.7 Å². The van der Waals surface area contributed by atoms with Crippen LogP contribution >= 0.6 is 0 Å². The van der Waals surface area contributed by atoms with Crippen LogP contribution in [-0.2, 0) is 11.2 Å². The number of hydrogen-bond donors (Lipinski definition) is 1. The standard InChI is InChI=1S/C15H22FN3O/c1-18-5-7-19(8-6-18)15(20)13(11-17)9-12-3-2-4-14(16)10-12/h2-4,10,13H,5-9,11,17H2,1H3. The van der Waals surface area contributed by atoms with Gasteiger partial charge in [-0.25, -0.2) is 4.39 Å². The molecule has 0 bridgehead atoms. The highest BCUT2D eigenvalue weighted by molar-refractivity contribution is 5.79. The van der Waals surface area contributed by atoms with Gasteiger partial charge in [0.25, 0.3) is 0 Å². The molecule has 1 fully saturated rings. The Morgan fingerprint density at radius 2 is 2.05 bits per heavy atom. The number of benzene rings is 1. The Morgan fingerprint density at radius 1 is 1.35 bits per heavy atom. The Balaban J connectivity index is 1.99. The van der Waals surface area contributed by atoms with Crippen molar-refractivity contribution in [3.8, 4) is 0 Å². The van der Waals surface area contributed by atoms with Crippen LogP contribution in [0.1, 0.15) is 5.56 Å². The lowest BCUT2D eigenvalue weighted by atomic mass is 9.97. The largest absolute Gasteiger partial charge is 0.340 e. The van der Waals surface area contributed by atoms with Crippen LogP contribution in [0.3, 0.4) is 0 Å². The van der Waals surface area contributed by atoms with Crippen LogP contribution < -0.4 is 5.73 Å². The molecule has 1 aromatic rings. The van der Waals surface area contributed by atoms with Crippen molar-refractivity contribution in [2.45, 2.75) is 6.42 Å². The first-order chi connectivity index (χ1) is 9.60. The van der Waals surface area contributed by atoms with Crippen molar-refractivity contribution < 1.29 is 9.18 Å². The summed E-state index contributed by atoms with van der Waals surface area (Å²) in [6.07, 6.45) is 0.499. The maximum atomic E-state index is 13.2. The molecule has 0 aliphatic carbocycles. The summed E-state index contributed by atoms with van der Waals surface area (Å²) >= 11 is 0. The molecule has 2 N–H and O–H groups in total. The third-order valence-electron chi connectivity index (χ3n) is 3.82. The van der Waals surface area contributed by atoms with Crippen LogP contribution in [0.15, 0.2) is 24.3 Å². The van der Waals surface area contributed by atoms with Gasteiger partial charge in [-0.2, -0.15) is 0 Å². The van der Waals surface area contributed by atoms with Crippen LogP contribution in [0.2, 0.25) is 0 Å². The Labute approximate surface area is 119 Å². The van der Waals surface area contributed by atoms with Gasteiger partial charge < -0.3 is 15.5 Å². The third kappa shape index (κ3) is 3.77. The molecular weight excluding hydrogens is 257 g/mol. The summed E-state index contributed by atoms with van der Waals surface area (Å²) in [7, 11) is 2.05. The number of carbonyl (C=O) groups excluding carboxylic acids is 1. The van der Waals surface area contributed by atoms with Crippen molar-refractivity contribution in [1.82, 2.24) is 9.80 Å². The molecule has 110 valence electrons. The molecule has 1 aromatic carbocycles. The van der Waals surface area contributed by atoms with Crippen molar-refractivity contribution in [2.75, 3.05) is 39.8 Å². The molecule has 1 amide bonds. The Hall–Kier alpha value is -1.46. The van der Waals surface area contributed by atoms with Gasteiger partial charge >= 0.3 is 0 Å². The minimum absolute atomic E-state index is 0.0878. The second-order valence-electron chi connectivity index (χ2n) is 5.40. The molecule has 0 saturated carbocycles. The monoisotopic (exact) mass is 279 g/mol. The Kier molecular flexibility index (Phi) is 5.09. The molecule has 1 unspecified atom stereocenters. The van der Waals surface area contributed by atoms with E-state index in [2.05, 4.69) is 11.9 Å². The van der Waals surface area contributed by atoms with E-state index in [-0.39, 0.29) is 17.6 Å². The van der Waals surface area contributed by atoms with E-state index in [0.29, 0.717) is 13.0 Å². The second kappa shape index (κ2) is 6.81. The molecule has 0 aromatic heterocycles. The Morgan fingerprint density at radius 3 is 2.65 bits per heavy atom. The minimum atomic E-state index is -0.273. The average molecular weight is 279 g/mol. The van der Waals surface area contributed by atoms with Crippen LogP contribution in [0.25, 0.3) is 0 Å². The molecule has 1 aliphatic rings. The van der Waals surface area contributed by atoms with E-state index in [4.69, 9.17) is 5.73 Å². The average Bonchev–Trinajstić information content (AvgIpc) is 2.45. The first-order valence-corrected chi connectivity index (χ1v) is 7.02. The minimum Gasteiger partial charge on any atom is -0.340 e. The second-order valence-corrected chi connectivity index (χ2v) is 5.40. The molecule has 4 nitrogen and oxygen atoms in total. The maximum Gasteiger partial charge on any atom is 0.227 e. The molecule has 1 atom stereocenters. The van der Waals surface area contributed by atoms with Gasteiger partial charge in [-0.3, -0.25) is 4.79 Å². The van der Waals surface area contributed by atoms with Gasteiger partial charge in [-0.05, 0) is 31.2 Å². The molecule has 1 aliphatic heterocycles. The number of amides is 1. The van der Waals surface area contributed by atoms with Crippen LogP contribution in [0.4, 0.5) is 4.39 Å². The normalized spacial score (nSPS) is 18.1. The third-order valence-corrected chi connectivity index (χ3v) is 3.82. The zero-order valence-corrected chi connectivity index (χ0v) is 11.9. The first-order valence-electron chi connectivity index (χ1n) is 7.02. The highest BCUT2D eigenvalue weighted by Crippen LogP contribution is 2.13. The predicted octanol–water partition coefficient (Wildman–Crippen LogP) is 0.717. The summed E-state index contributed by atoms with van der Waals surface area (Å²) in [5, 5.41) is 0. The number of halogens is 1. The van der Waals surface area contributed by atoms with Crippen molar-refractivity contribution in [3.05, 3.63) is 35.6 Å². The lowest BCUT2D eigenvalue weighted by molar-refractivity contribution is -0.136. The fourth-order valence-corrected chi connectivity index (χ4v) is 2.50. The molecule has 2 rings (SSSR count). The molecule has 5 heteroatoms. The van der Waals surface area contributed by atoms with Gasteiger partial charge in [-0.1, -0.05) is 12.1 Å². The smallest absolute Gasteiger partial charge is 0.227 e. The van der Waals surface area contributed by atoms with Crippen LogP contribution in [0.5, 0.6) is 0 Å². The summed E-state index contributed by atoms with van der Waals surface area (Å²) in [6, 6.07) is 6.38. The highest BCUT2D eigenvalue weighted by atomic mass is 19.1. The summed E-state index contributed by atoms with van der Waals surface area (Å²) in [6.45, 7) is 3.57. The predicted molar refractivity (Wildman–Crippen MR) is 76.7 cm³/mol. The van der Waals surface area contributed by atoms with E-state index in [0.717, 1.165) is 31.7 Å². The van der Waals surface area contributed by atoms with Gasteiger partial charge in [-0.15, -0.1) is 0 Å².